The molecule has 0 amide bonds. The molecule has 0 spiro atoms. The molecule has 0 aliphatic rings. The average molecular weight is 175 g/mol. The molecule has 0 aliphatic carbocycles. The van der Waals surface area contributed by atoms with Crippen molar-refractivity contribution in [2.24, 2.45) is 0 Å². The number of hydrogen-bond donors (Lipinski definition) is 0. The summed E-state index contributed by atoms with van der Waals surface area (Å²) < 4.78 is 11.9. The number of halogens is 1. The van der Waals surface area contributed by atoms with Crippen LogP contribution in [0.1, 0.15) is 29.4 Å². The minimum Gasteiger partial charge on any atom is -0.244 e. The molecule has 3 heteroatoms. The molecule has 0 saturated heterocycles. The van der Waals surface area contributed by atoms with Gasteiger partial charge in [-0.15, -0.1) is 11.3 Å². The van der Waals surface area contributed by atoms with Crippen molar-refractivity contribution in [3.05, 3.63) is 15.6 Å². The van der Waals surface area contributed by atoms with Crippen LogP contribution in [0.3, 0.4) is 0 Å². The van der Waals surface area contributed by atoms with Crippen LogP contribution in [0.15, 0.2) is 0 Å². The minimum absolute atomic E-state index is 0.434. The Morgan fingerprint density at radius 3 is 2.09 bits per heavy atom. The molecule has 64 valence electrons. The molecule has 0 bridgehead atoms. The van der Waals surface area contributed by atoms with Gasteiger partial charge >= 0.3 is 0 Å². The van der Waals surface area contributed by atoms with Gasteiger partial charge in [-0.1, -0.05) is 13.8 Å². The van der Waals surface area contributed by atoms with Crippen molar-refractivity contribution in [2.45, 2.75) is 34.4 Å². The van der Waals surface area contributed by atoms with Crippen LogP contribution in [-0.2, 0) is 6.67 Å². The van der Waals surface area contributed by atoms with Gasteiger partial charge in [0.1, 0.15) is 6.67 Å². The first-order valence-electron chi connectivity index (χ1n) is 3.73. The third-order valence-corrected chi connectivity index (χ3v) is 2.05. The summed E-state index contributed by atoms with van der Waals surface area (Å²) in [6, 6.07) is 0. The molecule has 1 nitrogen and oxygen atoms in total. The molecule has 11 heavy (non-hydrogen) atoms. The van der Waals surface area contributed by atoms with Crippen molar-refractivity contribution >= 4 is 11.3 Å². The topological polar surface area (TPSA) is 12.9 Å². The second kappa shape index (κ2) is 5.24. The second-order valence-electron chi connectivity index (χ2n) is 1.87. The van der Waals surface area contributed by atoms with E-state index in [4.69, 9.17) is 0 Å². The van der Waals surface area contributed by atoms with E-state index in [1.807, 2.05) is 27.7 Å². The summed E-state index contributed by atoms with van der Waals surface area (Å²) in [4.78, 5) is 4.97. The second-order valence-corrected chi connectivity index (χ2v) is 3.28. The lowest BCUT2D eigenvalue weighted by Crippen LogP contribution is -1.79. The van der Waals surface area contributed by atoms with Gasteiger partial charge in [0.25, 0.3) is 0 Å². The van der Waals surface area contributed by atoms with Crippen LogP contribution >= 0.6 is 11.3 Å². The van der Waals surface area contributed by atoms with Crippen LogP contribution in [0.4, 0.5) is 4.39 Å². The number of hydrogen-bond acceptors (Lipinski definition) is 2. The molecule has 1 rings (SSSR count). The predicted octanol–water partition coefficient (Wildman–Crippen LogP) is 3.26. The number of nitrogens with zero attached hydrogens (tertiary/aromatic N) is 1. The molecule has 0 unspecified atom stereocenters. The number of aromatic nitrogens is 1. The van der Waals surface area contributed by atoms with Gasteiger partial charge in [-0.3, -0.25) is 0 Å². The van der Waals surface area contributed by atoms with Crippen molar-refractivity contribution in [3.8, 4) is 0 Å². The molecule has 0 aliphatic heterocycles. The first kappa shape index (κ1) is 10.6. The molecule has 0 atom stereocenters. The largest absolute Gasteiger partial charge is 0.244 e. The third-order valence-electron chi connectivity index (χ3n) is 1.13. The Bertz CT molecular complexity index is 208. The Hall–Kier alpha value is -0.440. The Morgan fingerprint density at radius 1 is 1.36 bits per heavy atom. The van der Waals surface area contributed by atoms with Crippen LogP contribution in [0.25, 0.3) is 0 Å². The SMILES string of the molecule is CC.Cc1nc(CF)c(C)s1. The first-order valence-corrected chi connectivity index (χ1v) is 4.54. The van der Waals surface area contributed by atoms with Gasteiger partial charge in [0.05, 0.1) is 10.7 Å². The van der Waals surface area contributed by atoms with Gasteiger partial charge in [0.15, 0.2) is 0 Å². The molecule has 1 heterocycles. The smallest absolute Gasteiger partial charge is 0.133 e. The van der Waals surface area contributed by atoms with Gasteiger partial charge in [0.2, 0.25) is 0 Å². The maximum atomic E-state index is 11.9. The van der Waals surface area contributed by atoms with E-state index < -0.39 is 6.67 Å². The lowest BCUT2D eigenvalue weighted by Gasteiger charge is -1.83. The highest BCUT2D eigenvalue weighted by molar-refractivity contribution is 7.11. The standard InChI is InChI=1S/C6H8FNS.C2H6/c1-4-6(3-7)8-5(2)9-4;1-2/h3H2,1-2H3;1-2H3. The normalized spacial score (nSPS) is 8.82. The average Bonchev–Trinajstić information content (AvgIpc) is 2.33. The van der Waals surface area contributed by atoms with Crippen LogP contribution in [0.5, 0.6) is 0 Å². The predicted molar refractivity (Wildman–Crippen MR) is 47.7 cm³/mol. The maximum absolute atomic E-state index is 11.9. The lowest BCUT2D eigenvalue weighted by atomic mass is 10.4. The van der Waals surface area contributed by atoms with Crippen molar-refractivity contribution in [1.82, 2.24) is 4.98 Å². The maximum Gasteiger partial charge on any atom is 0.133 e. The van der Waals surface area contributed by atoms with Crippen molar-refractivity contribution in [3.63, 3.8) is 0 Å². The summed E-state index contributed by atoms with van der Waals surface area (Å²) in [5.41, 5.74) is 0.595. The monoisotopic (exact) mass is 175 g/mol. The summed E-state index contributed by atoms with van der Waals surface area (Å²) in [5, 5.41) is 0.945. The molecular weight excluding hydrogens is 161 g/mol. The zero-order valence-electron chi connectivity index (χ0n) is 7.44. The highest BCUT2D eigenvalue weighted by Gasteiger charge is 2.01. The van der Waals surface area contributed by atoms with Crippen molar-refractivity contribution in [1.29, 1.82) is 0 Å². The fraction of sp³-hybridized carbons (Fsp3) is 0.625. The van der Waals surface area contributed by atoms with E-state index in [1.165, 1.54) is 0 Å². The molecular formula is C8H14FNS. The summed E-state index contributed by atoms with van der Waals surface area (Å²) in [6.07, 6.45) is 0. The van der Waals surface area contributed by atoms with E-state index in [2.05, 4.69) is 4.98 Å². The van der Waals surface area contributed by atoms with E-state index in [0.717, 1.165) is 9.88 Å². The fourth-order valence-electron chi connectivity index (χ4n) is 0.696. The summed E-state index contributed by atoms with van der Waals surface area (Å²) in [5.74, 6) is 0. The number of alkyl halides is 1. The van der Waals surface area contributed by atoms with Crippen LogP contribution < -0.4 is 0 Å². The van der Waals surface area contributed by atoms with Gasteiger partial charge in [0, 0.05) is 4.88 Å². The Balaban J connectivity index is 0.000000461. The van der Waals surface area contributed by atoms with Gasteiger partial charge in [-0.05, 0) is 13.8 Å². The molecule has 0 fully saturated rings. The lowest BCUT2D eigenvalue weighted by molar-refractivity contribution is 0.476. The van der Waals surface area contributed by atoms with Crippen molar-refractivity contribution in [2.75, 3.05) is 0 Å². The number of thiazole rings is 1. The Labute approximate surface area is 71.3 Å². The fourth-order valence-corrected chi connectivity index (χ4v) is 1.51. The summed E-state index contributed by atoms with van der Waals surface area (Å²) >= 11 is 1.54. The number of rotatable bonds is 1. The van der Waals surface area contributed by atoms with Crippen LogP contribution in [0, 0.1) is 13.8 Å². The van der Waals surface area contributed by atoms with Gasteiger partial charge < -0.3 is 0 Å². The molecule has 1 aromatic heterocycles. The first-order chi connectivity index (χ1) is 5.24. The van der Waals surface area contributed by atoms with Crippen molar-refractivity contribution < 1.29 is 4.39 Å². The van der Waals surface area contributed by atoms with E-state index >= 15 is 0 Å². The Kier molecular flexibility index (Phi) is 5.03. The molecule has 0 radical (unpaired) electrons. The van der Waals surface area contributed by atoms with E-state index in [-0.39, 0.29) is 0 Å². The zero-order valence-corrected chi connectivity index (χ0v) is 8.26. The molecule has 1 aromatic rings. The summed E-state index contributed by atoms with van der Waals surface area (Å²) in [7, 11) is 0. The van der Waals surface area contributed by atoms with E-state index in [0.29, 0.717) is 5.69 Å². The quantitative estimate of drug-likeness (QED) is 0.638. The van der Waals surface area contributed by atoms with Crippen LogP contribution in [-0.4, -0.2) is 4.98 Å². The van der Waals surface area contributed by atoms with E-state index in [1.54, 1.807) is 11.3 Å². The highest BCUT2D eigenvalue weighted by atomic mass is 32.1. The third kappa shape index (κ3) is 2.97. The van der Waals surface area contributed by atoms with Crippen LogP contribution in [0.2, 0.25) is 0 Å². The Morgan fingerprint density at radius 2 is 1.91 bits per heavy atom. The minimum atomic E-state index is -0.434. The molecule has 0 N–H and O–H groups in total. The summed E-state index contributed by atoms with van der Waals surface area (Å²) in [6.45, 7) is 7.34. The van der Waals surface area contributed by atoms with Gasteiger partial charge in [-0.25, -0.2) is 9.37 Å². The van der Waals surface area contributed by atoms with Gasteiger partial charge in [-0.2, -0.15) is 0 Å². The van der Waals surface area contributed by atoms with E-state index in [9.17, 15) is 4.39 Å². The molecule has 0 saturated carbocycles. The zero-order chi connectivity index (χ0) is 8.85. The molecule has 0 aromatic carbocycles. The number of aryl methyl sites for hydroxylation is 2. The highest BCUT2D eigenvalue weighted by Crippen LogP contribution is 2.16.